The number of fused-ring (bicyclic) bond motifs is 1. The molecule has 0 saturated carbocycles. The predicted octanol–water partition coefficient (Wildman–Crippen LogP) is 4.60. The number of benzene rings is 2. The molecule has 2 heterocycles. The molecule has 1 aromatic heterocycles. The molecule has 3 N–H and O–H groups in total. The molecule has 0 amide bonds. The number of aromatic nitrogens is 2. The lowest BCUT2D eigenvalue weighted by atomic mass is 10.1. The number of aryl methyl sites for hydroxylation is 2. The van der Waals surface area contributed by atoms with E-state index in [2.05, 4.69) is 9.97 Å². The first-order valence-electron chi connectivity index (χ1n) is 7.95. The normalized spacial score (nSPS) is 14.8. The minimum Gasteiger partial charge on any atom is -0.509 e. The Morgan fingerprint density at radius 2 is 2.00 bits per heavy atom. The molecule has 6 heteroatoms. The van der Waals surface area contributed by atoms with Gasteiger partial charge in [-0.25, -0.2) is 4.98 Å². The highest BCUT2D eigenvalue weighted by Crippen LogP contribution is 2.33. The Kier molecular flexibility index (Phi) is 3.54. The van der Waals surface area contributed by atoms with Crippen molar-refractivity contribution in [1.82, 2.24) is 9.97 Å². The lowest BCUT2D eigenvalue weighted by Crippen LogP contribution is -2.26. The average molecular weight is 353 g/mol. The number of hydrogen-bond donors (Lipinski definition) is 3. The summed E-state index contributed by atoms with van der Waals surface area (Å²) in [6.45, 7) is 4.19. The number of nitrogens with zero attached hydrogens (tertiary/aromatic N) is 2. The summed E-state index contributed by atoms with van der Waals surface area (Å²) in [5.74, 6) is 0.867. The van der Waals surface area contributed by atoms with E-state index in [0.29, 0.717) is 16.4 Å². The minimum atomic E-state index is 0.134. The van der Waals surface area contributed by atoms with Crippen LogP contribution in [0.4, 0.5) is 5.69 Å². The summed E-state index contributed by atoms with van der Waals surface area (Å²) in [5, 5.41) is 19.7. The number of amidine groups is 1. The van der Waals surface area contributed by atoms with Gasteiger partial charge in [-0.3, -0.25) is 5.41 Å². The summed E-state index contributed by atoms with van der Waals surface area (Å²) in [7, 11) is 0. The Balaban J connectivity index is 1.75. The third-order valence-electron chi connectivity index (χ3n) is 4.43. The van der Waals surface area contributed by atoms with E-state index in [1.54, 1.807) is 11.0 Å². The zero-order valence-corrected chi connectivity index (χ0v) is 14.6. The van der Waals surface area contributed by atoms with Crippen LogP contribution in [0.25, 0.3) is 16.6 Å². The van der Waals surface area contributed by atoms with Gasteiger partial charge in [0.25, 0.3) is 0 Å². The summed E-state index contributed by atoms with van der Waals surface area (Å²) >= 11 is 6.02. The molecule has 0 bridgehead atoms. The highest BCUT2D eigenvalue weighted by atomic mass is 35.5. The Morgan fingerprint density at radius 1 is 1.20 bits per heavy atom. The fraction of sp³-hybridized carbons (Fsp3) is 0.158. The van der Waals surface area contributed by atoms with Crippen molar-refractivity contribution in [3.8, 4) is 0 Å². The van der Waals surface area contributed by atoms with Crippen molar-refractivity contribution in [1.29, 1.82) is 5.41 Å². The van der Waals surface area contributed by atoms with E-state index in [-0.39, 0.29) is 18.1 Å². The predicted molar refractivity (Wildman–Crippen MR) is 102 cm³/mol. The van der Waals surface area contributed by atoms with Gasteiger partial charge in [0.1, 0.15) is 17.4 Å². The average Bonchev–Trinajstić information content (AvgIpc) is 3.07. The van der Waals surface area contributed by atoms with Gasteiger partial charge in [-0.2, -0.15) is 0 Å². The number of hydrogen-bond acceptors (Lipinski definition) is 3. The lowest BCUT2D eigenvalue weighted by molar-refractivity contribution is 0.411. The van der Waals surface area contributed by atoms with Crippen LogP contribution < -0.4 is 4.90 Å². The molecule has 0 atom stereocenters. The fourth-order valence-electron chi connectivity index (χ4n) is 3.20. The number of halogens is 1. The molecule has 3 aromatic rings. The molecule has 5 nitrogen and oxygen atoms in total. The molecule has 0 saturated heterocycles. The Bertz CT molecular complexity index is 1050. The smallest absolute Gasteiger partial charge is 0.145 e. The second-order valence-electron chi connectivity index (χ2n) is 6.29. The van der Waals surface area contributed by atoms with Crippen LogP contribution in [-0.2, 0) is 0 Å². The van der Waals surface area contributed by atoms with Gasteiger partial charge in [0.05, 0.1) is 23.2 Å². The molecule has 25 heavy (non-hydrogen) atoms. The zero-order valence-electron chi connectivity index (χ0n) is 13.9. The molecule has 126 valence electrons. The first-order valence-corrected chi connectivity index (χ1v) is 8.33. The largest absolute Gasteiger partial charge is 0.509 e. The molecule has 0 fully saturated rings. The van der Waals surface area contributed by atoms with E-state index in [1.807, 2.05) is 44.2 Å². The Labute approximate surface area is 150 Å². The van der Waals surface area contributed by atoms with E-state index >= 15 is 0 Å². The molecule has 0 spiro atoms. The molecule has 1 aliphatic rings. The van der Waals surface area contributed by atoms with Crippen molar-refractivity contribution >= 4 is 39.7 Å². The SMILES string of the molecule is Cc1ccc2nc(C3=C(O)CN(c4ccc(Cl)cc4C)C3=N)[nH]c2c1. The molecule has 4 rings (SSSR count). The number of anilines is 1. The van der Waals surface area contributed by atoms with E-state index in [4.69, 9.17) is 17.0 Å². The fourth-order valence-corrected chi connectivity index (χ4v) is 3.42. The van der Waals surface area contributed by atoms with Crippen molar-refractivity contribution in [3.63, 3.8) is 0 Å². The maximum absolute atomic E-state index is 10.5. The first-order chi connectivity index (χ1) is 11.9. The van der Waals surface area contributed by atoms with Crippen LogP contribution in [0, 0.1) is 19.3 Å². The molecular formula is C19H17ClN4O. The lowest BCUT2D eigenvalue weighted by Gasteiger charge is -2.21. The van der Waals surface area contributed by atoms with E-state index < -0.39 is 0 Å². The van der Waals surface area contributed by atoms with E-state index in [9.17, 15) is 5.11 Å². The first kappa shape index (κ1) is 15.7. The van der Waals surface area contributed by atoms with E-state index in [1.165, 1.54) is 0 Å². The van der Waals surface area contributed by atoms with Crippen molar-refractivity contribution in [3.05, 3.63) is 64.1 Å². The molecule has 0 radical (unpaired) electrons. The monoisotopic (exact) mass is 352 g/mol. The van der Waals surface area contributed by atoms with Gasteiger partial charge in [-0.15, -0.1) is 0 Å². The van der Waals surface area contributed by atoms with Crippen LogP contribution in [0.3, 0.4) is 0 Å². The Morgan fingerprint density at radius 3 is 2.76 bits per heavy atom. The van der Waals surface area contributed by atoms with Crippen LogP contribution in [-0.4, -0.2) is 27.5 Å². The molecule has 1 aliphatic heterocycles. The molecule has 2 aromatic carbocycles. The number of aromatic amines is 1. The van der Waals surface area contributed by atoms with Gasteiger partial charge in [0.15, 0.2) is 0 Å². The minimum absolute atomic E-state index is 0.134. The number of aliphatic hydroxyl groups is 1. The third-order valence-corrected chi connectivity index (χ3v) is 4.66. The second kappa shape index (κ2) is 5.63. The van der Waals surface area contributed by atoms with Gasteiger partial charge >= 0.3 is 0 Å². The Hall–Kier alpha value is -2.79. The number of rotatable bonds is 2. The quantitative estimate of drug-likeness (QED) is 0.630. The summed E-state index contributed by atoms with van der Waals surface area (Å²) in [6.07, 6.45) is 0. The summed E-state index contributed by atoms with van der Waals surface area (Å²) in [4.78, 5) is 9.52. The van der Waals surface area contributed by atoms with Gasteiger partial charge < -0.3 is 15.0 Å². The highest BCUT2D eigenvalue weighted by Gasteiger charge is 2.31. The van der Waals surface area contributed by atoms with Gasteiger partial charge in [0.2, 0.25) is 0 Å². The van der Waals surface area contributed by atoms with Crippen LogP contribution >= 0.6 is 11.6 Å². The maximum atomic E-state index is 10.5. The van der Waals surface area contributed by atoms with Crippen LogP contribution in [0.15, 0.2) is 42.2 Å². The number of H-pyrrole nitrogens is 1. The number of aliphatic hydroxyl groups excluding tert-OH is 1. The van der Waals surface area contributed by atoms with Gasteiger partial charge in [-0.1, -0.05) is 17.7 Å². The highest BCUT2D eigenvalue weighted by molar-refractivity contribution is 6.32. The molecule has 0 unspecified atom stereocenters. The van der Waals surface area contributed by atoms with Gasteiger partial charge in [-0.05, 0) is 55.3 Å². The maximum Gasteiger partial charge on any atom is 0.145 e. The molecular weight excluding hydrogens is 336 g/mol. The van der Waals surface area contributed by atoms with Crippen LogP contribution in [0.2, 0.25) is 5.02 Å². The van der Waals surface area contributed by atoms with Crippen molar-refractivity contribution in [2.45, 2.75) is 13.8 Å². The summed E-state index contributed by atoms with van der Waals surface area (Å²) in [5.41, 5.74) is 5.07. The van der Waals surface area contributed by atoms with Crippen LogP contribution in [0.1, 0.15) is 17.0 Å². The second-order valence-corrected chi connectivity index (χ2v) is 6.73. The van der Waals surface area contributed by atoms with E-state index in [0.717, 1.165) is 27.8 Å². The van der Waals surface area contributed by atoms with Gasteiger partial charge in [0, 0.05) is 10.7 Å². The number of nitrogens with one attached hydrogen (secondary N) is 2. The van der Waals surface area contributed by atoms with Crippen molar-refractivity contribution in [2.75, 3.05) is 11.4 Å². The number of imidazole rings is 1. The topological polar surface area (TPSA) is 76.0 Å². The molecule has 0 aliphatic carbocycles. The summed E-state index contributed by atoms with van der Waals surface area (Å²) < 4.78 is 0. The van der Waals surface area contributed by atoms with Crippen molar-refractivity contribution in [2.24, 2.45) is 0 Å². The zero-order chi connectivity index (χ0) is 17.7. The standard InChI is InChI=1S/C19H17ClN4O/c1-10-3-5-13-14(7-10)23-19(22-13)17-16(25)9-24(18(17)21)15-6-4-12(20)8-11(15)2/h3-8,21,25H,9H2,1-2H3,(H,22,23). The third kappa shape index (κ3) is 2.57. The summed E-state index contributed by atoms with van der Waals surface area (Å²) in [6, 6.07) is 11.4. The van der Waals surface area contributed by atoms with Crippen LogP contribution in [0.5, 0.6) is 0 Å². The van der Waals surface area contributed by atoms with Crippen molar-refractivity contribution < 1.29 is 5.11 Å².